The van der Waals surface area contributed by atoms with E-state index in [4.69, 9.17) is 0 Å². The molecule has 0 unspecified atom stereocenters. The molecule has 0 radical (unpaired) electrons. The summed E-state index contributed by atoms with van der Waals surface area (Å²) in [5, 5.41) is 9.23. The van der Waals surface area contributed by atoms with E-state index in [0.717, 1.165) is 44.0 Å². The standard InChI is InChI=1S/C19H21N3/c1-16-6-8-17(9-7-16)15-21-10-12-22(13-11-21)19-5-3-2-4-18(19)14-20/h2-9H,10-13,15H2,1H3. The summed E-state index contributed by atoms with van der Waals surface area (Å²) in [5.74, 6) is 0. The molecule has 1 heterocycles. The number of anilines is 1. The first-order valence-corrected chi connectivity index (χ1v) is 7.78. The summed E-state index contributed by atoms with van der Waals surface area (Å²) in [6.45, 7) is 7.15. The van der Waals surface area contributed by atoms with Gasteiger partial charge in [0, 0.05) is 32.7 Å². The van der Waals surface area contributed by atoms with Gasteiger partial charge in [0.2, 0.25) is 0 Å². The van der Waals surface area contributed by atoms with Crippen LogP contribution in [0.5, 0.6) is 0 Å². The van der Waals surface area contributed by atoms with Crippen LogP contribution < -0.4 is 4.90 Å². The van der Waals surface area contributed by atoms with Gasteiger partial charge in [-0.2, -0.15) is 5.26 Å². The summed E-state index contributed by atoms with van der Waals surface area (Å²) in [6, 6.07) is 19.0. The van der Waals surface area contributed by atoms with Crippen molar-refractivity contribution in [2.45, 2.75) is 13.5 Å². The van der Waals surface area contributed by atoms with E-state index in [-0.39, 0.29) is 0 Å². The number of hydrogen-bond acceptors (Lipinski definition) is 3. The van der Waals surface area contributed by atoms with Gasteiger partial charge in [0.15, 0.2) is 0 Å². The van der Waals surface area contributed by atoms with Gasteiger partial charge in [-0.1, -0.05) is 42.0 Å². The molecule has 0 aromatic heterocycles. The number of rotatable bonds is 3. The second-order valence-electron chi connectivity index (χ2n) is 5.88. The Balaban J connectivity index is 1.61. The molecule has 1 fully saturated rings. The molecular weight excluding hydrogens is 270 g/mol. The van der Waals surface area contributed by atoms with Crippen LogP contribution in [0, 0.1) is 18.3 Å². The Hall–Kier alpha value is -2.31. The van der Waals surface area contributed by atoms with Gasteiger partial charge in [-0.15, -0.1) is 0 Å². The summed E-state index contributed by atoms with van der Waals surface area (Å²) in [4.78, 5) is 4.81. The lowest BCUT2D eigenvalue weighted by Gasteiger charge is -2.36. The molecule has 0 bridgehead atoms. The molecule has 112 valence electrons. The predicted molar refractivity (Wildman–Crippen MR) is 89.8 cm³/mol. The van der Waals surface area contributed by atoms with Gasteiger partial charge < -0.3 is 4.90 Å². The van der Waals surface area contributed by atoms with Crippen LogP contribution in [0.1, 0.15) is 16.7 Å². The van der Waals surface area contributed by atoms with Crippen LogP contribution in [0.15, 0.2) is 48.5 Å². The normalized spacial score (nSPS) is 15.5. The predicted octanol–water partition coefficient (Wildman–Crippen LogP) is 3.19. The molecule has 1 aliphatic rings. The molecule has 2 aromatic rings. The number of piperazine rings is 1. The quantitative estimate of drug-likeness (QED) is 0.870. The van der Waals surface area contributed by atoms with Crippen LogP contribution >= 0.6 is 0 Å². The van der Waals surface area contributed by atoms with E-state index in [1.165, 1.54) is 11.1 Å². The third-order valence-corrected chi connectivity index (χ3v) is 4.26. The van der Waals surface area contributed by atoms with Crippen molar-refractivity contribution in [1.29, 1.82) is 5.26 Å². The summed E-state index contributed by atoms with van der Waals surface area (Å²) >= 11 is 0. The molecule has 1 saturated heterocycles. The largest absolute Gasteiger partial charge is 0.368 e. The Morgan fingerprint density at radius 2 is 1.64 bits per heavy atom. The molecule has 1 aliphatic heterocycles. The van der Waals surface area contributed by atoms with E-state index < -0.39 is 0 Å². The molecule has 0 amide bonds. The zero-order valence-corrected chi connectivity index (χ0v) is 13.0. The average molecular weight is 291 g/mol. The maximum Gasteiger partial charge on any atom is 0.101 e. The summed E-state index contributed by atoms with van der Waals surface area (Å²) in [5.41, 5.74) is 4.52. The smallest absolute Gasteiger partial charge is 0.101 e. The van der Waals surface area contributed by atoms with Crippen LogP contribution in [0.3, 0.4) is 0 Å². The number of benzene rings is 2. The minimum Gasteiger partial charge on any atom is -0.368 e. The molecular formula is C19H21N3. The van der Waals surface area contributed by atoms with Crippen LogP contribution in [0.4, 0.5) is 5.69 Å². The van der Waals surface area contributed by atoms with Gasteiger partial charge in [0.25, 0.3) is 0 Å². The molecule has 0 aliphatic carbocycles. The van der Waals surface area contributed by atoms with Gasteiger partial charge in [0.1, 0.15) is 6.07 Å². The summed E-state index contributed by atoms with van der Waals surface area (Å²) in [7, 11) is 0. The molecule has 0 N–H and O–H groups in total. The molecule has 0 atom stereocenters. The fourth-order valence-corrected chi connectivity index (χ4v) is 2.94. The minimum absolute atomic E-state index is 0.773. The number of aryl methyl sites for hydroxylation is 1. The lowest BCUT2D eigenvalue weighted by molar-refractivity contribution is 0.250. The summed E-state index contributed by atoms with van der Waals surface area (Å²) in [6.07, 6.45) is 0. The van der Waals surface area contributed by atoms with Crippen molar-refractivity contribution in [2.75, 3.05) is 31.1 Å². The zero-order valence-electron chi connectivity index (χ0n) is 13.0. The SMILES string of the molecule is Cc1ccc(CN2CCN(c3ccccc3C#N)CC2)cc1. The molecule has 0 saturated carbocycles. The first-order chi connectivity index (χ1) is 10.8. The second kappa shape index (κ2) is 6.64. The molecule has 3 rings (SSSR count). The molecule has 2 aromatic carbocycles. The van der Waals surface area contributed by atoms with E-state index in [9.17, 15) is 5.26 Å². The third-order valence-electron chi connectivity index (χ3n) is 4.26. The Kier molecular flexibility index (Phi) is 4.41. The third kappa shape index (κ3) is 3.29. The minimum atomic E-state index is 0.773. The van der Waals surface area contributed by atoms with E-state index in [1.807, 2.05) is 24.3 Å². The van der Waals surface area contributed by atoms with Gasteiger partial charge in [0.05, 0.1) is 11.3 Å². The van der Waals surface area contributed by atoms with Gasteiger partial charge in [-0.05, 0) is 24.6 Å². The Morgan fingerprint density at radius 3 is 2.32 bits per heavy atom. The van der Waals surface area contributed by atoms with Crippen molar-refractivity contribution in [3.8, 4) is 6.07 Å². The zero-order chi connectivity index (χ0) is 15.4. The van der Waals surface area contributed by atoms with E-state index in [0.29, 0.717) is 0 Å². The maximum absolute atomic E-state index is 9.23. The van der Waals surface area contributed by atoms with Crippen LogP contribution in [-0.2, 0) is 6.54 Å². The van der Waals surface area contributed by atoms with Crippen molar-refractivity contribution in [3.05, 3.63) is 65.2 Å². The number of nitriles is 1. The molecule has 0 spiro atoms. The van der Waals surface area contributed by atoms with Gasteiger partial charge in [-0.25, -0.2) is 0 Å². The van der Waals surface area contributed by atoms with Gasteiger partial charge in [-0.3, -0.25) is 4.90 Å². The van der Waals surface area contributed by atoms with Crippen molar-refractivity contribution in [1.82, 2.24) is 4.90 Å². The number of hydrogen-bond donors (Lipinski definition) is 0. The highest BCUT2D eigenvalue weighted by Gasteiger charge is 2.19. The van der Waals surface area contributed by atoms with Gasteiger partial charge >= 0.3 is 0 Å². The molecule has 22 heavy (non-hydrogen) atoms. The van der Waals surface area contributed by atoms with Crippen molar-refractivity contribution in [2.24, 2.45) is 0 Å². The topological polar surface area (TPSA) is 30.3 Å². The highest BCUT2D eigenvalue weighted by molar-refractivity contribution is 5.59. The van der Waals surface area contributed by atoms with Crippen molar-refractivity contribution < 1.29 is 0 Å². The van der Waals surface area contributed by atoms with E-state index in [1.54, 1.807) is 0 Å². The lowest BCUT2D eigenvalue weighted by atomic mass is 10.1. The fourth-order valence-electron chi connectivity index (χ4n) is 2.94. The monoisotopic (exact) mass is 291 g/mol. The number of para-hydroxylation sites is 1. The first-order valence-electron chi connectivity index (χ1n) is 7.78. The maximum atomic E-state index is 9.23. The van der Waals surface area contributed by atoms with Crippen LogP contribution in [-0.4, -0.2) is 31.1 Å². The molecule has 3 nitrogen and oxygen atoms in total. The highest BCUT2D eigenvalue weighted by Crippen LogP contribution is 2.21. The fraction of sp³-hybridized carbons (Fsp3) is 0.316. The first kappa shape index (κ1) is 14.6. The van der Waals surface area contributed by atoms with E-state index in [2.05, 4.69) is 47.1 Å². The second-order valence-corrected chi connectivity index (χ2v) is 5.88. The Morgan fingerprint density at radius 1 is 0.955 bits per heavy atom. The summed E-state index contributed by atoms with van der Waals surface area (Å²) < 4.78 is 0. The van der Waals surface area contributed by atoms with Crippen molar-refractivity contribution >= 4 is 5.69 Å². The Labute approximate surface area is 132 Å². The molecule has 3 heteroatoms. The van der Waals surface area contributed by atoms with Crippen molar-refractivity contribution in [3.63, 3.8) is 0 Å². The van der Waals surface area contributed by atoms with Crippen LogP contribution in [0.25, 0.3) is 0 Å². The average Bonchev–Trinajstić information content (AvgIpc) is 2.58. The number of nitrogens with zero attached hydrogens (tertiary/aromatic N) is 3. The Bertz CT molecular complexity index is 662. The van der Waals surface area contributed by atoms with Crippen LogP contribution in [0.2, 0.25) is 0 Å². The van der Waals surface area contributed by atoms with E-state index >= 15 is 0 Å². The highest BCUT2D eigenvalue weighted by atomic mass is 15.3. The lowest BCUT2D eigenvalue weighted by Crippen LogP contribution is -2.46.